The third-order valence-corrected chi connectivity index (χ3v) is 7.59. The molecule has 2 aliphatic rings. The van der Waals surface area contributed by atoms with Crippen molar-refractivity contribution in [2.75, 3.05) is 39.7 Å². The molecule has 0 spiro atoms. The van der Waals surface area contributed by atoms with Crippen molar-refractivity contribution in [2.45, 2.75) is 44.2 Å². The summed E-state index contributed by atoms with van der Waals surface area (Å²) in [6.45, 7) is 1.84. The number of nitrogens with zero attached hydrogens (tertiary/aromatic N) is 4. The van der Waals surface area contributed by atoms with Gasteiger partial charge in [0.2, 0.25) is 0 Å². The van der Waals surface area contributed by atoms with Crippen LogP contribution in [0.15, 0.2) is 47.4 Å². The van der Waals surface area contributed by atoms with E-state index in [0.717, 1.165) is 43.3 Å². The van der Waals surface area contributed by atoms with Crippen molar-refractivity contribution in [3.63, 3.8) is 0 Å². The van der Waals surface area contributed by atoms with Gasteiger partial charge in [0.15, 0.2) is 0 Å². The number of benzene rings is 1. The lowest BCUT2D eigenvalue weighted by Crippen LogP contribution is -2.31. The van der Waals surface area contributed by atoms with E-state index in [1.807, 2.05) is 19.3 Å². The van der Waals surface area contributed by atoms with Crippen molar-refractivity contribution in [2.24, 2.45) is 0 Å². The minimum Gasteiger partial charge on any atom is -0.383 e. The Kier molecular flexibility index (Phi) is 8.60. The van der Waals surface area contributed by atoms with Gasteiger partial charge in [-0.25, -0.2) is 9.37 Å². The van der Waals surface area contributed by atoms with Crippen LogP contribution in [0, 0.1) is 16.6 Å². The van der Waals surface area contributed by atoms with Gasteiger partial charge in [0.05, 0.1) is 12.9 Å². The molecule has 11 heteroatoms. The van der Waals surface area contributed by atoms with E-state index in [4.69, 9.17) is 20.5 Å². The summed E-state index contributed by atoms with van der Waals surface area (Å²) in [7, 11) is 5.16. The molecular formula is C31H36FN7O3. The van der Waals surface area contributed by atoms with Gasteiger partial charge < -0.3 is 19.5 Å². The lowest BCUT2D eigenvalue weighted by Gasteiger charge is -2.19. The minimum atomic E-state index is -0.544. The zero-order valence-corrected chi connectivity index (χ0v) is 24.1. The maximum absolute atomic E-state index is 14.3. The number of methoxy groups -OCH3 is 1. The van der Waals surface area contributed by atoms with Gasteiger partial charge in [-0.1, -0.05) is 6.07 Å². The molecular weight excluding hydrogens is 537 g/mol. The van der Waals surface area contributed by atoms with Gasteiger partial charge in [-0.05, 0) is 79.8 Å². The maximum Gasteiger partial charge on any atom is 0.263 e. The van der Waals surface area contributed by atoms with E-state index in [0.29, 0.717) is 36.4 Å². The fraction of sp³-hybridized carbons (Fsp3) is 0.387. The number of aromatic nitrogens is 2. The number of hydrogen-bond acceptors (Lipinski definition) is 7. The molecule has 42 heavy (non-hydrogen) atoms. The minimum absolute atomic E-state index is 0.0391. The molecule has 2 saturated carbocycles. The molecule has 0 radical (unpaired) electrons. The van der Waals surface area contributed by atoms with E-state index < -0.39 is 11.7 Å². The van der Waals surface area contributed by atoms with Crippen LogP contribution in [0.5, 0.6) is 0 Å². The average molecular weight is 574 g/mol. The third-order valence-electron chi connectivity index (χ3n) is 7.59. The first-order valence-corrected chi connectivity index (χ1v) is 14.1. The number of rotatable bonds is 12. The summed E-state index contributed by atoms with van der Waals surface area (Å²) in [5.41, 5.74) is 2.90. The molecule has 1 amide bonds. The number of amidine groups is 1. The fourth-order valence-corrected chi connectivity index (χ4v) is 4.93. The highest BCUT2D eigenvalue weighted by atomic mass is 19.1. The monoisotopic (exact) mass is 573 g/mol. The van der Waals surface area contributed by atoms with Crippen molar-refractivity contribution in [3.05, 3.63) is 81.2 Å². The van der Waals surface area contributed by atoms with E-state index in [2.05, 4.69) is 10.2 Å². The molecule has 0 bridgehead atoms. The number of pyridine rings is 2. The topological polar surface area (TPSA) is 127 Å². The Labute approximate surface area is 244 Å². The van der Waals surface area contributed by atoms with Gasteiger partial charge in [-0.15, -0.1) is 0 Å². The lowest BCUT2D eigenvalue weighted by atomic mass is 9.97. The van der Waals surface area contributed by atoms with Crippen LogP contribution in [0.3, 0.4) is 0 Å². The van der Waals surface area contributed by atoms with Gasteiger partial charge in [0.25, 0.3) is 11.5 Å². The van der Waals surface area contributed by atoms with E-state index >= 15 is 0 Å². The lowest BCUT2D eigenvalue weighted by molar-refractivity contribution is 0.102. The van der Waals surface area contributed by atoms with Crippen molar-refractivity contribution < 1.29 is 13.9 Å². The molecule has 0 unspecified atom stereocenters. The predicted molar refractivity (Wildman–Crippen MR) is 160 cm³/mol. The molecule has 0 atom stereocenters. The van der Waals surface area contributed by atoms with Gasteiger partial charge in [-0.2, -0.15) is 0 Å². The molecule has 0 aliphatic heterocycles. The molecule has 5 rings (SSSR count). The van der Waals surface area contributed by atoms with Crippen LogP contribution in [0.2, 0.25) is 0 Å². The highest BCUT2D eigenvalue weighted by Crippen LogP contribution is 2.41. The highest BCUT2D eigenvalue weighted by molar-refractivity contribution is 6.07. The van der Waals surface area contributed by atoms with Crippen LogP contribution in [0.4, 0.5) is 10.2 Å². The summed E-state index contributed by atoms with van der Waals surface area (Å²) in [4.78, 5) is 35.1. The summed E-state index contributed by atoms with van der Waals surface area (Å²) in [6.07, 6.45) is 6.58. The Morgan fingerprint density at radius 3 is 2.60 bits per heavy atom. The second-order valence-corrected chi connectivity index (χ2v) is 11.1. The van der Waals surface area contributed by atoms with Crippen molar-refractivity contribution in [1.29, 1.82) is 10.8 Å². The molecule has 1 aromatic carbocycles. The number of likely N-dealkylation sites (N-methyl/N-ethyl adjacent to an activating group) is 1. The smallest absolute Gasteiger partial charge is 0.263 e. The molecule has 2 heterocycles. The first-order chi connectivity index (χ1) is 20.2. The van der Waals surface area contributed by atoms with Crippen molar-refractivity contribution in [1.82, 2.24) is 19.4 Å². The second kappa shape index (κ2) is 12.3. The summed E-state index contributed by atoms with van der Waals surface area (Å²) in [5.74, 6) is -0.560. The van der Waals surface area contributed by atoms with E-state index in [-0.39, 0.29) is 34.7 Å². The molecule has 2 aromatic heterocycles. The van der Waals surface area contributed by atoms with E-state index in [1.165, 1.54) is 17.0 Å². The van der Waals surface area contributed by atoms with Gasteiger partial charge >= 0.3 is 0 Å². The molecule has 3 N–H and O–H groups in total. The summed E-state index contributed by atoms with van der Waals surface area (Å²) in [6, 6.07) is 9.51. The summed E-state index contributed by atoms with van der Waals surface area (Å²) in [5, 5.41) is 18.9. The zero-order chi connectivity index (χ0) is 30.0. The van der Waals surface area contributed by atoms with Crippen molar-refractivity contribution in [3.8, 4) is 11.1 Å². The first kappa shape index (κ1) is 29.3. The maximum atomic E-state index is 14.3. The Morgan fingerprint density at radius 1 is 1.17 bits per heavy atom. The molecule has 0 saturated heterocycles. The van der Waals surface area contributed by atoms with Crippen LogP contribution in [-0.4, -0.2) is 71.8 Å². The number of halogens is 1. The van der Waals surface area contributed by atoms with Crippen LogP contribution in [0.25, 0.3) is 11.1 Å². The Bertz CT molecular complexity index is 1580. The van der Waals surface area contributed by atoms with Gasteiger partial charge in [-0.3, -0.25) is 25.3 Å². The molecule has 220 valence electrons. The molecule has 3 aromatic rings. The Balaban J connectivity index is 1.50. The standard InChI is InChI=1S/C31H36FN7O3/c1-37(10-11-42-3)16-19-12-26(31(41)39(17-19)23-7-8-23)30(40)36-28-14-21(13-27(35-28)20-4-5-20)24-9-6-22(32)15-25(24)29(34)38(2)18-33/h6,9,12-15,17-18,20,23,33-34H,4-5,7-8,10-11,16H2,1-3H3,(H,35,36,40). The van der Waals surface area contributed by atoms with Gasteiger partial charge in [0, 0.05) is 56.7 Å². The first-order valence-electron chi connectivity index (χ1n) is 14.1. The molecule has 2 fully saturated rings. The molecule has 10 nitrogen and oxygen atoms in total. The number of hydrogen-bond donors (Lipinski definition) is 3. The van der Waals surface area contributed by atoms with Crippen molar-refractivity contribution >= 4 is 23.9 Å². The molecule has 2 aliphatic carbocycles. The quantitative estimate of drug-likeness (QED) is 0.217. The largest absolute Gasteiger partial charge is 0.383 e. The highest BCUT2D eigenvalue weighted by Gasteiger charge is 2.29. The Hall–Kier alpha value is -4.22. The number of carbonyl (C=O) groups is 1. The normalized spacial score (nSPS) is 14.6. The fourth-order valence-electron chi connectivity index (χ4n) is 4.93. The SMILES string of the molecule is COCCN(C)Cc1cc(C(=O)Nc2cc(-c3ccc(F)cc3C(=N)N(C)C=N)cc(C3CC3)n2)c(=O)n(C2CC2)c1. The number of amides is 1. The third kappa shape index (κ3) is 6.63. The zero-order valence-electron chi connectivity index (χ0n) is 24.1. The second-order valence-electron chi connectivity index (χ2n) is 11.1. The van der Waals surface area contributed by atoms with E-state index in [1.54, 1.807) is 36.9 Å². The van der Waals surface area contributed by atoms with Gasteiger partial charge in [0.1, 0.15) is 23.0 Å². The van der Waals surface area contributed by atoms with Crippen LogP contribution >= 0.6 is 0 Å². The Morgan fingerprint density at radius 2 is 1.93 bits per heavy atom. The summed E-state index contributed by atoms with van der Waals surface area (Å²) < 4.78 is 21.1. The number of nitrogens with one attached hydrogen (secondary N) is 3. The average Bonchev–Trinajstić information content (AvgIpc) is 3.89. The van der Waals surface area contributed by atoms with Crippen LogP contribution in [-0.2, 0) is 11.3 Å². The summed E-state index contributed by atoms with van der Waals surface area (Å²) >= 11 is 0. The number of carbonyl (C=O) groups excluding carboxylic acids is 1. The predicted octanol–water partition coefficient (Wildman–Crippen LogP) is 4.46. The van der Waals surface area contributed by atoms with E-state index in [9.17, 15) is 14.0 Å². The van der Waals surface area contributed by atoms with Crippen LogP contribution in [0.1, 0.15) is 64.8 Å². The number of anilines is 1. The number of ether oxygens (including phenoxy) is 1. The van der Waals surface area contributed by atoms with Crippen LogP contribution < -0.4 is 10.9 Å².